The van der Waals surface area contributed by atoms with E-state index < -0.39 is 10.1 Å². The summed E-state index contributed by atoms with van der Waals surface area (Å²) in [7, 11) is -3.80. The summed E-state index contributed by atoms with van der Waals surface area (Å²) in [5.41, 5.74) is 0. The zero-order valence-corrected chi connectivity index (χ0v) is 8.74. The van der Waals surface area contributed by atoms with Gasteiger partial charge in [-0.05, 0) is 36.4 Å². The highest BCUT2D eigenvalue weighted by Gasteiger charge is 2.03. The van der Waals surface area contributed by atoms with Crippen LogP contribution in [0.4, 0.5) is 0 Å². The molecule has 74 valence electrons. The molecule has 0 amide bonds. The lowest BCUT2D eigenvalue weighted by Crippen LogP contribution is -2.05. The van der Waals surface area contributed by atoms with Gasteiger partial charge in [-0.2, -0.15) is 8.42 Å². The third-order valence-electron chi connectivity index (χ3n) is 1.23. The molecule has 0 atom stereocenters. The average molecular weight is 236 g/mol. The van der Waals surface area contributed by atoms with E-state index in [2.05, 4.69) is 0 Å². The van der Waals surface area contributed by atoms with Gasteiger partial charge in [0, 0.05) is 6.54 Å². The summed E-state index contributed by atoms with van der Waals surface area (Å²) in [4.78, 5) is 0. The minimum atomic E-state index is -3.80. The molecule has 0 rings (SSSR count). The van der Waals surface area contributed by atoms with Gasteiger partial charge >= 0.3 is 0 Å². The van der Waals surface area contributed by atoms with Crippen LogP contribution in [0.25, 0.3) is 0 Å². The van der Waals surface area contributed by atoms with Crippen molar-refractivity contribution in [2.24, 2.45) is 0 Å². The van der Waals surface area contributed by atoms with Crippen molar-refractivity contribution >= 4 is 33.7 Å². The standard InChI is InChI=1S/C5H11Cl2NO3S/c6-8(7)4-2-1-3-5-12(9,10)11/h1-5H2,(H,9,10,11). The Kier molecular flexibility index (Phi) is 6.21. The lowest BCUT2D eigenvalue weighted by molar-refractivity contribution is 0.478. The molecule has 0 aliphatic heterocycles. The van der Waals surface area contributed by atoms with E-state index in [1.807, 2.05) is 0 Å². The number of nitrogens with zero attached hydrogens (tertiary/aromatic N) is 1. The fourth-order valence-corrected chi connectivity index (χ4v) is 1.50. The van der Waals surface area contributed by atoms with Gasteiger partial charge in [-0.1, -0.05) is 6.42 Å². The lowest BCUT2D eigenvalue weighted by Gasteiger charge is -2.02. The highest BCUT2D eigenvalue weighted by Crippen LogP contribution is 2.04. The number of rotatable bonds is 6. The topological polar surface area (TPSA) is 57.6 Å². The fourth-order valence-electron chi connectivity index (χ4n) is 0.693. The number of unbranched alkanes of at least 4 members (excludes halogenated alkanes) is 2. The highest BCUT2D eigenvalue weighted by atomic mass is 35.5. The molecule has 0 unspecified atom stereocenters. The van der Waals surface area contributed by atoms with Gasteiger partial charge in [0.2, 0.25) is 0 Å². The smallest absolute Gasteiger partial charge is 0.264 e. The van der Waals surface area contributed by atoms with Crippen LogP contribution in [0.2, 0.25) is 0 Å². The van der Waals surface area contributed by atoms with Crippen LogP contribution in [0.1, 0.15) is 19.3 Å². The van der Waals surface area contributed by atoms with E-state index in [-0.39, 0.29) is 5.75 Å². The molecule has 7 heteroatoms. The van der Waals surface area contributed by atoms with Gasteiger partial charge in [-0.3, -0.25) is 4.55 Å². The Labute approximate surface area is 82.4 Å². The first kappa shape index (κ1) is 12.4. The first-order chi connectivity index (χ1) is 5.42. The minimum absolute atomic E-state index is 0.197. The van der Waals surface area contributed by atoms with E-state index in [9.17, 15) is 8.42 Å². The molecule has 12 heavy (non-hydrogen) atoms. The molecule has 0 fully saturated rings. The molecular formula is C5H11Cl2NO3S. The van der Waals surface area contributed by atoms with Gasteiger partial charge < -0.3 is 0 Å². The van der Waals surface area contributed by atoms with Gasteiger partial charge in [0.15, 0.2) is 0 Å². The van der Waals surface area contributed by atoms with Crippen LogP contribution in [-0.2, 0) is 10.1 Å². The second-order valence-corrected chi connectivity index (χ2v) is 4.93. The van der Waals surface area contributed by atoms with Gasteiger partial charge in [0.05, 0.1) is 5.75 Å². The number of hydrogen-bond acceptors (Lipinski definition) is 3. The summed E-state index contributed by atoms with van der Waals surface area (Å²) in [6.07, 6.45) is 1.82. The summed E-state index contributed by atoms with van der Waals surface area (Å²) < 4.78 is 29.8. The predicted octanol–water partition coefficient (Wildman–Crippen LogP) is 1.65. The molecule has 0 bridgehead atoms. The highest BCUT2D eigenvalue weighted by molar-refractivity contribution is 7.85. The Morgan fingerprint density at radius 2 is 1.75 bits per heavy atom. The maximum Gasteiger partial charge on any atom is 0.264 e. The molecule has 0 aromatic heterocycles. The summed E-state index contributed by atoms with van der Waals surface area (Å²) >= 11 is 10.6. The first-order valence-electron chi connectivity index (χ1n) is 3.46. The Balaban J connectivity index is 3.23. The molecule has 4 nitrogen and oxygen atoms in total. The van der Waals surface area contributed by atoms with Crippen LogP contribution in [0.5, 0.6) is 0 Å². The van der Waals surface area contributed by atoms with Crippen LogP contribution in [0.15, 0.2) is 0 Å². The van der Waals surface area contributed by atoms with Crippen molar-refractivity contribution in [3.8, 4) is 0 Å². The first-order valence-corrected chi connectivity index (χ1v) is 5.74. The lowest BCUT2D eigenvalue weighted by atomic mass is 10.2. The molecule has 1 N–H and O–H groups in total. The van der Waals surface area contributed by atoms with Crippen molar-refractivity contribution in [2.45, 2.75) is 19.3 Å². The van der Waals surface area contributed by atoms with E-state index in [1.165, 1.54) is 0 Å². The monoisotopic (exact) mass is 235 g/mol. The second kappa shape index (κ2) is 5.99. The second-order valence-electron chi connectivity index (χ2n) is 2.37. The largest absolute Gasteiger partial charge is 0.286 e. The van der Waals surface area contributed by atoms with Gasteiger partial charge in [0.25, 0.3) is 10.1 Å². The minimum Gasteiger partial charge on any atom is -0.286 e. The van der Waals surface area contributed by atoms with E-state index in [0.717, 1.165) is 3.94 Å². The van der Waals surface area contributed by atoms with Gasteiger partial charge in [-0.25, -0.2) is 0 Å². The molecule has 0 aromatic carbocycles. The molecular weight excluding hydrogens is 225 g/mol. The number of hydrogen-bond donors (Lipinski definition) is 1. The summed E-state index contributed by atoms with van der Waals surface area (Å²) in [5.74, 6) is -0.197. The molecule has 0 aromatic rings. The van der Waals surface area contributed by atoms with Crippen LogP contribution in [-0.4, -0.2) is 29.2 Å². The van der Waals surface area contributed by atoms with E-state index in [1.54, 1.807) is 0 Å². The molecule has 0 heterocycles. The van der Waals surface area contributed by atoms with Gasteiger partial charge in [0.1, 0.15) is 0 Å². The average Bonchev–Trinajstić information content (AvgIpc) is 1.83. The Bertz CT molecular complexity index is 205. The van der Waals surface area contributed by atoms with Crippen molar-refractivity contribution < 1.29 is 13.0 Å². The predicted molar refractivity (Wildman–Crippen MR) is 48.7 cm³/mol. The number of halogens is 2. The van der Waals surface area contributed by atoms with Crippen molar-refractivity contribution in [3.63, 3.8) is 0 Å². The third-order valence-corrected chi connectivity index (χ3v) is 2.37. The summed E-state index contributed by atoms with van der Waals surface area (Å²) in [5, 5.41) is 0. The SMILES string of the molecule is O=S(=O)(O)CCCCCN(Cl)Cl. The van der Waals surface area contributed by atoms with Crippen LogP contribution in [0.3, 0.4) is 0 Å². The summed E-state index contributed by atoms with van der Waals surface area (Å²) in [6.45, 7) is 0.495. The van der Waals surface area contributed by atoms with Crippen molar-refractivity contribution in [3.05, 3.63) is 0 Å². The van der Waals surface area contributed by atoms with Crippen molar-refractivity contribution in [1.29, 1.82) is 0 Å². The maximum absolute atomic E-state index is 10.2. The van der Waals surface area contributed by atoms with E-state index in [4.69, 9.17) is 28.1 Å². The van der Waals surface area contributed by atoms with Crippen LogP contribution < -0.4 is 0 Å². The molecule has 0 aliphatic rings. The Hall–Kier alpha value is 0.450. The normalized spacial score (nSPS) is 12.3. The van der Waals surface area contributed by atoms with E-state index in [0.29, 0.717) is 25.8 Å². The molecule has 0 spiro atoms. The van der Waals surface area contributed by atoms with E-state index >= 15 is 0 Å². The molecule has 0 aliphatic carbocycles. The molecule has 0 saturated carbocycles. The van der Waals surface area contributed by atoms with Crippen LogP contribution >= 0.6 is 23.6 Å². The Morgan fingerprint density at radius 3 is 2.17 bits per heavy atom. The third kappa shape index (κ3) is 10.4. The van der Waals surface area contributed by atoms with Gasteiger partial charge in [-0.15, -0.1) is 3.94 Å². The Morgan fingerprint density at radius 1 is 1.17 bits per heavy atom. The molecule has 0 saturated heterocycles. The zero-order valence-electron chi connectivity index (χ0n) is 6.41. The van der Waals surface area contributed by atoms with Crippen molar-refractivity contribution in [2.75, 3.05) is 12.3 Å². The molecule has 0 radical (unpaired) electrons. The zero-order chi connectivity index (χ0) is 9.61. The maximum atomic E-state index is 10.2. The summed E-state index contributed by atoms with van der Waals surface area (Å²) in [6, 6.07) is 0. The fraction of sp³-hybridized carbons (Fsp3) is 1.00. The van der Waals surface area contributed by atoms with Crippen LogP contribution in [0, 0.1) is 0 Å². The quantitative estimate of drug-likeness (QED) is 0.433. The van der Waals surface area contributed by atoms with Crippen molar-refractivity contribution in [1.82, 2.24) is 3.94 Å².